The monoisotopic (exact) mass is 387 g/mol. The maximum absolute atomic E-state index is 12.6. The lowest BCUT2D eigenvalue weighted by Gasteiger charge is -2.04. The molecule has 3 heterocycles. The number of nitrogens with one attached hydrogen (secondary N) is 1. The fourth-order valence-corrected chi connectivity index (χ4v) is 4.16. The van der Waals surface area contributed by atoms with Crippen molar-refractivity contribution in [2.75, 3.05) is 5.32 Å². The van der Waals surface area contributed by atoms with Crippen molar-refractivity contribution in [3.8, 4) is 0 Å². The summed E-state index contributed by atoms with van der Waals surface area (Å²) < 4.78 is 0.945. The predicted molar refractivity (Wildman–Crippen MR) is 104 cm³/mol. The van der Waals surface area contributed by atoms with Crippen LogP contribution < -0.4 is 5.32 Å². The molecule has 0 aliphatic carbocycles. The predicted octanol–water partition coefficient (Wildman–Crippen LogP) is 5.71. The zero-order valence-electron chi connectivity index (χ0n) is 13.0. The molecule has 1 amide bonds. The Morgan fingerprint density at radius 1 is 1.12 bits per heavy atom. The average Bonchev–Trinajstić information content (AvgIpc) is 3.04. The number of benzene rings is 1. The third-order valence-electron chi connectivity index (χ3n) is 3.80. The molecule has 25 heavy (non-hydrogen) atoms. The van der Waals surface area contributed by atoms with Gasteiger partial charge in [0.2, 0.25) is 0 Å². The highest BCUT2D eigenvalue weighted by Crippen LogP contribution is 2.36. The number of amides is 1. The van der Waals surface area contributed by atoms with Gasteiger partial charge in [-0.2, -0.15) is 0 Å². The number of nitrogens with zero attached hydrogens (tertiary/aromatic N) is 2. The van der Waals surface area contributed by atoms with Crippen LogP contribution >= 0.6 is 34.5 Å². The normalized spacial score (nSPS) is 11.2. The Morgan fingerprint density at radius 3 is 2.76 bits per heavy atom. The van der Waals surface area contributed by atoms with Crippen LogP contribution in [0.2, 0.25) is 10.3 Å². The van der Waals surface area contributed by atoms with Crippen molar-refractivity contribution in [1.29, 1.82) is 0 Å². The highest BCUT2D eigenvalue weighted by Gasteiger charge is 2.16. The molecule has 0 radical (unpaired) electrons. The fraction of sp³-hybridized carbons (Fsp3) is 0.0556. The summed E-state index contributed by atoms with van der Waals surface area (Å²) >= 11 is 13.7. The van der Waals surface area contributed by atoms with Gasteiger partial charge in [0, 0.05) is 21.7 Å². The van der Waals surface area contributed by atoms with E-state index in [1.54, 1.807) is 24.4 Å². The first-order valence-corrected chi connectivity index (χ1v) is 9.01. The van der Waals surface area contributed by atoms with Crippen LogP contribution in [0.25, 0.3) is 21.0 Å². The molecule has 0 aliphatic rings. The van der Waals surface area contributed by atoms with Gasteiger partial charge in [-0.05, 0) is 37.3 Å². The van der Waals surface area contributed by atoms with Crippen molar-refractivity contribution in [2.45, 2.75) is 6.92 Å². The lowest BCUT2D eigenvalue weighted by atomic mass is 10.1. The maximum atomic E-state index is 12.6. The zero-order valence-corrected chi connectivity index (χ0v) is 15.3. The SMILES string of the molecule is Cc1ccc2nc(Cl)c3cc(C(=O)Nc4cccnc4Cl)sc3c2c1. The van der Waals surface area contributed by atoms with Gasteiger partial charge in [0.15, 0.2) is 5.15 Å². The summed E-state index contributed by atoms with van der Waals surface area (Å²) in [6.45, 7) is 2.02. The van der Waals surface area contributed by atoms with Crippen molar-refractivity contribution in [1.82, 2.24) is 9.97 Å². The Morgan fingerprint density at radius 2 is 1.96 bits per heavy atom. The number of hydrogen-bond donors (Lipinski definition) is 1. The van der Waals surface area contributed by atoms with E-state index in [9.17, 15) is 4.79 Å². The van der Waals surface area contributed by atoms with Crippen LogP contribution in [-0.2, 0) is 0 Å². The molecule has 0 spiro atoms. The Kier molecular flexibility index (Phi) is 4.07. The quantitative estimate of drug-likeness (QED) is 0.448. The molecule has 4 nitrogen and oxygen atoms in total. The second-order valence-corrected chi connectivity index (χ2v) is 7.34. The maximum Gasteiger partial charge on any atom is 0.265 e. The minimum atomic E-state index is -0.257. The van der Waals surface area contributed by atoms with Crippen LogP contribution in [0, 0.1) is 6.92 Å². The van der Waals surface area contributed by atoms with E-state index < -0.39 is 0 Å². The van der Waals surface area contributed by atoms with Crippen molar-refractivity contribution in [3.63, 3.8) is 0 Å². The highest BCUT2D eigenvalue weighted by molar-refractivity contribution is 7.22. The smallest absolute Gasteiger partial charge is 0.265 e. The Hall–Kier alpha value is -2.21. The van der Waals surface area contributed by atoms with Gasteiger partial charge in [-0.15, -0.1) is 11.3 Å². The number of carbonyl (C=O) groups excluding carboxylic acids is 1. The molecule has 0 unspecified atom stereocenters. The summed E-state index contributed by atoms with van der Waals surface area (Å²) in [7, 11) is 0. The van der Waals surface area contributed by atoms with E-state index in [-0.39, 0.29) is 11.1 Å². The first kappa shape index (κ1) is 16.3. The molecule has 124 valence electrons. The first-order chi connectivity index (χ1) is 12.0. The minimum absolute atomic E-state index is 0.248. The molecule has 0 bridgehead atoms. The molecule has 3 aromatic heterocycles. The molecule has 4 aromatic rings. The number of aryl methyl sites for hydroxylation is 1. The van der Waals surface area contributed by atoms with Gasteiger partial charge in [0.1, 0.15) is 5.15 Å². The number of rotatable bonds is 2. The molecule has 7 heteroatoms. The summed E-state index contributed by atoms with van der Waals surface area (Å²) in [5, 5.41) is 5.18. The van der Waals surface area contributed by atoms with Gasteiger partial charge >= 0.3 is 0 Å². The largest absolute Gasteiger partial charge is 0.319 e. The number of aromatic nitrogens is 2. The van der Waals surface area contributed by atoms with Gasteiger partial charge in [0.25, 0.3) is 5.91 Å². The number of fused-ring (bicyclic) bond motifs is 3. The Bertz CT molecular complexity index is 1140. The molecule has 0 aliphatic heterocycles. The van der Waals surface area contributed by atoms with Crippen LogP contribution in [0.3, 0.4) is 0 Å². The summed E-state index contributed by atoms with van der Waals surface area (Å²) in [4.78, 5) is 21.5. The van der Waals surface area contributed by atoms with Gasteiger partial charge in [-0.1, -0.05) is 34.8 Å². The lowest BCUT2D eigenvalue weighted by Crippen LogP contribution is -2.10. The average molecular weight is 388 g/mol. The topological polar surface area (TPSA) is 54.9 Å². The van der Waals surface area contributed by atoms with Crippen molar-refractivity contribution < 1.29 is 4.79 Å². The molecule has 4 rings (SSSR count). The first-order valence-electron chi connectivity index (χ1n) is 7.44. The number of halogens is 2. The number of carbonyl (C=O) groups is 1. The minimum Gasteiger partial charge on any atom is -0.319 e. The second kappa shape index (κ2) is 6.26. The van der Waals surface area contributed by atoms with Gasteiger partial charge in [0.05, 0.1) is 16.1 Å². The molecular formula is C18H11Cl2N3OS. The standard InChI is InChI=1S/C18H11Cl2N3OS/c1-9-4-5-12-10(7-9)15-11(16(19)22-12)8-14(25-15)18(24)23-13-3-2-6-21-17(13)20/h2-8H,1H3,(H,23,24). The third kappa shape index (κ3) is 2.95. The Labute approximate surface area is 157 Å². The van der Waals surface area contributed by atoms with Crippen LogP contribution in [-0.4, -0.2) is 15.9 Å². The van der Waals surface area contributed by atoms with Crippen LogP contribution in [0.4, 0.5) is 5.69 Å². The second-order valence-electron chi connectivity index (χ2n) is 5.57. The molecule has 0 saturated carbocycles. The van der Waals surface area contributed by atoms with E-state index in [1.807, 2.05) is 19.1 Å². The van der Waals surface area contributed by atoms with Crippen molar-refractivity contribution in [3.05, 3.63) is 63.3 Å². The van der Waals surface area contributed by atoms with E-state index in [1.165, 1.54) is 11.3 Å². The highest BCUT2D eigenvalue weighted by atomic mass is 35.5. The van der Waals surface area contributed by atoms with E-state index in [0.717, 1.165) is 26.6 Å². The molecular weight excluding hydrogens is 377 g/mol. The van der Waals surface area contributed by atoms with Gasteiger partial charge in [-0.25, -0.2) is 9.97 Å². The van der Waals surface area contributed by atoms with Gasteiger partial charge in [-0.3, -0.25) is 4.79 Å². The van der Waals surface area contributed by atoms with Crippen molar-refractivity contribution >= 4 is 67.1 Å². The molecule has 0 atom stereocenters. The van der Waals surface area contributed by atoms with Crippen molar-refractivity contribution in [2.24, 2.45) is 0 Å². The number of hydrogen-bond acceptors (Lipinski definition) is 4. The van der Waals surface area contributed by atoms with E-state index in [0.29, 0.717) is 15.7 Å². The lowest BCUT2D eigenvalue weighted by molar-refractivity contribution is 0.103. The summed E-state index contributed by atoms with van der Waals surface area (Å²) in [6, 6.07) is 11.2. The van der Waals surface area contributed by atoms with Crippen LogP contribution in [0.5, 0.6) is 0 Å². The molecule has 1 aromatic carbocycles. The third-order valence-corrected chi connectivity index (χ3v) is 5.56. The fourth-order valence-electron chi connectivity index (χ4n) is 2.61. The number of anilines is 1. The summed E-state index contributed by atoms with van der Waals surface area (Å²) in [6.07, 6.45) is 1.57. The Balaban J connectivity index is 1.82. The van der Waals surface area contributed by atoms with Crippen LogP contribution in [0.1, 0.15) is 15.2 Å². The van der Waals surface area contributed by atoms with E-state index in [4.69, 9.17) is 23.2 Å². The van der Waals surface area contributed by atoms with Crippen LogP contribution in [0.15, 0.2) is 42.6 Å². The van der Waals surface area contributed by atoms with Gasteiger partial charge < -0.3 is 5.32 Å². The number of thiophene rings is 1. The molecule has 0 fully saturated rings. The molecule has 0 saturated heterocycles. The zero-order chi connectivity index (χ0) is 17.6. The number of pyridine rings is 2. The molecule has 1 N–H and O–H groups in total. The van der Waals surface area contributed by atoms with E-state index >= 15 is 0 Å². The van der Waals surface area contributed by atoms with E-state index in [2.05, 4.69) is 21.4 Å². The summed E-state index contributed by atoms with van der Waals surface area (Å²) in [5.74, 6) is -0.257. The summed E-state index contributed by atoms with van der Waals surface area (Å²) in [5.41, 5.74) is 2.41.